The molecule has 0 saturated heterocycles. The zero-order valence-electron chi connectivity index (χ0n) is 25.2. The van der Waals surface area contributed by atoms with Crippen LogP contribution in [-0.4, -0.2) is 51.0 Å². The van der Waals surface area contributed by atoms with Crippen LogP contribution >= 0.6 is 27.5 Å². The molecule has 0 unspecified atom stereocenters. The van der Waals surface area contributed by atoms with E-state index in [1.165, 1.54) is 25.6 Å². The number of hydrogen-bond acceptors (Lipinski definition) is 7. The fourth-order valence-corrected chi connectivity index (χ4v) is 5.11. The lowest BCUT2D eigenvalue weighted by Crippen LogP contribution is -2.30. The van der Waals surface area contributed by atoms with Crippen LogP contribution < -0.4 is 15.4 Å². The Hall–Kier alpha value is -4.81. The monoisotopic (exact) mass is 710 g/mol. The topological polar surface area (TPSA) is 168 Å². The Morgan fingerprint density at radius 2 is 1.28 bits per heavy atom. The van der Waals surface area contributed by atoms with Gasteiger partial charge in [0.2, 0.25) is 5.88 Å². The minimum absolute atomic E-state index is 0.183. The summed E-state index contributed by atoms with van der Waals surface area (Å²) in [6.07, 6.45) is 3.93. The summed E-state index contributed by atoms with van der Waals surface area (Å²) in [6, 6.07) is 16.5. The van der Waals surface area contributed by atoms with Gasteiger partial charge in [0, 0.05) is 23.1 Å². The molecule has 0 aliphatic carbocycles. The summed E-state index contributed by atoms with van der Waals surface area (Å²) in [5.74, 6) is -2.57. The number of carbonyl (C=O) groups is 4. The highest BCUT2D eigenvalue weighted by Crippen LogP contribution is 2.25. The molecule has 2 atom stereocenters. The molecule has 0 radical (unpaired) electrons. The maximum absolute atomic E-state index is 12.4. The summed E-state index contributed by atoms with van der Waals surface area (Å²) in [6.45, 7) is 3.75. The van der Waals surface area contributed by atoms with E-state index in [0.29, 0.717) is 10.0 Å². The number of carbonyl (C=O) groups excluding carboxylic acids is 2. The predicted octanol–water partition coefficient (Wildman–Crippen LogP) is 6.10. The lowest BCUT2D eigenvalue weighted by Gasteiger charge is -2.19. The molecule has 0 bridgehead atoms. The molecule has 2 heterocycles. The first-order chi connectivity index (χ1) is 21.9. The highest BCUT2D eigenvalue weighted by Gasteiger charge is 2.22. The smallest absolute Gasteiger partial charge is 0.305 e. The molecular weight excluding hydrogens is 680 g/mol. The molecule has 2 amide bonds. The van der Waals surface area contributed by atoms with Gasteiger partial charge >= 0.3 is 11.9 Å². The van der Waals surface area contributed by atoms with Crippen LogP contribution in [0.4, 0.5) is 0 Å². The molecule has 4 aromatic rings. The van der Waals surface area contributed by atoms with E-state index in [-0.39, 0.29) is 35.2 Å². The van der Waals surface area contributed by atoms with Crippen LogP contribution in [0.5, 0.6) is 5.88 Å². The summed E-state index contributed by atoms with van der Waals surface area (Å²) in [7, 11) is 1.43. The second-order valence-corrected chi connectivity index (χ2v) is 11.4. The van der Waals surface area contributed by atoms with Gasteiger partial charge in [0.1, 0.15) is 5.02 Å². The summed E-state index contributed by atoms with van der Waals surface area (Å²) in [4.78, 5) is 54.9. The molecule has 0 fully saturated rings. The number of halogens is 2. The number of pyridine rings is 2. The third-order valence-electron chi connectivity index (χ3n) is 6.73. The van der Waals surface area contributed by atoms with Crippen LogP contribution in [0.2, 0.25) is 5.02 Å². The van der Waals surface area contributed by atoms with Crippen LogP contribution in [0.15, 0.2) is 83.7 Å². The third kappa shape index (κ3) is 10.4. The summed E-state index contributed by atoms with van der Waals surface area (Å²) >= 11 is 9.23. The number of rotatable bonds is 11. The van der Waals surface area contributed by atoms with E-state index < -0.39 is 29.9 Å². The van der Waals surface area contributed by atoms with Crippen LogP contribution in [0.25, 0.3) is 0 Å². The fraction of sp³-hybridized carbons (Fsp3) is 0.212. The van der Waals surface area contributed by atoms with Gasteiger partial charge in [-0.25, -0.2) is 4.98 Å². The number of carboxylic acids is 2. The number of aromatic nitrogens is 2. The van der Waals surface area contributed by atoms with E-state index in [9.17, 15) is 19.2 Å². The van der Waals surface area contributed by atoms with E-state index in [0.717, 1.165) is 22.3 Å². The maximum atomic E-state index is 12.4. The van der Waals surface area contributed by atoms with Crippen molar-refractivity contribution in [3.8, 4) is 5.88 Å². The molecule has 240 valence electrons. The van der Waals surface area contributed by atoms with Gasteiger partial charge in [0.05, 0.1) is 43.2 Å². The maximum Gasteiger partial charge on any atom is 0.305 e. The van der Waals surface area contributed by atoms with Gasteiger partial charge in [-0.3, -0.25) is 24.2 Å². The largest absolute Gasteiger partial charge is 0.481 e. The Kier molecular flexibility index (Phi) is 13.2. The quantitative estimate of drug-likeness (QED) is 0.144. The summed E-state index contributed by atoms with van der Waals surface area (Å²) in [5, 5.41) is 23.9. The molecule has 2 aromatic carbocycles. The van der Waals surface area contributed by atoms with Crippen molar-refractivity contribution in [3.05, 3.63) is 122 Å². The Balaban J connectivity index is 0.000000251. The second kappa shape index (κ2) is 17.0. The first kappa shape index (κ1) is 35.7. The van der Waals surface area contributed by atoms with Crippen molar-refractivity contribution in [2.75, 3.05) is 7.11 Å². The second-order valence-electron chi connectivity index (χ2n) is 10.1. The standard InChI is InChI=1S/C17H17ClN2O4.C16H15BrN2O3/c1-10-5-3-4-6-12(10)14(8-15(21)22)20-16(23)11-7-13(18)17(24-2)19-9-11;1-10-4-2-3-5-13(10)14(7-15(20)21)19-16(22)11-6-12(17)9-18-8-11/h3-7,9,14H,8H2,1-2H3,(H,20,23)(H,21,22);2-6,8-9,14H,7H2,1H3,(H,19,22)(H,20,21)/t2*14-/m00/s1. The molecule has 4 rings (SSSR count). The van der Waals surface area contributed by atoms with Crippen LogP contribution in [0.3, 0.4) is 0 Å². The average Bonchev–Trinajstić information content (AvgIpc) is 3.00. The van der Waals surface area contributed by atoms with Crippen molar-refractivity contribution >= 4 is 51.3 Å². The SMILES string of the molecule is COc1ncc(C(=O)N[C@@H](CC(=O)O)c2ccccc2C)cc1Cl.Cc1ccccc1[C@H](CC(=O)O)NC(=O)c1cncc(Br)c1. The van der Waals surface area contributed by atoms with Crippen molar-refractivity contribution in [1.29, 1.82) is 0 Å². The Morgan fingerprint density at radius 3 is 1.70 bits per heavy atom. The van der Waals surface area contributed by atoms with Crippen molar-refractivity contribution in [1.82, 2.24) is 20.6 Å². The van der Waals surface area contributed by atoms with Gasteiger partial charge in [0.25, 0.3) is 11.8 Å². The van der Waals surface area contributed by atoms with E-state index in [4.69, 9.17) is 26.6 Å². The van der Waals surface area contributed by atoms with Gasteiger partial charge in [-0.15, -0.1) is 0 Å². The average molecular weight is 712 g/mol. The normalized spacial score (nSPS) is 11.7. The van der Waals surface area contributed by atoms with Crippen molar-refractivity contribution in [2.45, 2.75) is 38.8 Å². The molecule has 0 aliphatic heterocycles. The number of nitrogens with zero attached hydrogens (tertiary/aromatic N) is 2. The van der Waals surface area contributed by atoms with Crippen LogP contribution in [0, 0.1) is 13.8 Å². The van der Waals surface area contributed by atoms with Crippen molar-refractivity contribution in [2.24, 2.45) is 0 Å². The van der Waals surface area contributed by atoms with Gasteiger partial charge < -0.3 is 25.6 Å². The van der Waals surface area contributed by atoms with Crippen molar-refractivity contribution in [3.63, 3.8) is 0 Å². The van der Waals surface area contributed by atoms with Gasteiger partial charge in [-0.2, -0.15) is 0 Å². The van der Waals surface area contributed by atoms with E-state index >= 15 is 0 Å². The number of ether oxygens (including phenoxy) is 1. The highest BCUT2D eigenvalue weighted by atomic mass is 79.9. The zero-order chi connectivity index (χ0) is 33.8. The number of aryl methyl sites for hydroxylation is 2. The lowest BCUT2D eigenvalue weighted by atomic mass is 9.98. The third-order valence-corrected chi connectivity index (χ3v) is 7.43. The Morgan fingerprint density at radius 1 is 0.804 bits per heavy atom. The first-order valence-electron chi connectivity index (χ1n) is 13.9. The fourth-order valence-electron chi connectivity index (χ4n) is 4.50. The lowest BCUT2D eigenvalue weighted by molar-refractivity contribution is -0.138. The van der Waals surface area contributed by atoms with Crippen molar-refractivity contribution < 1.29 is 34.1 Å². The molecule has 4 N–H and O–H groups in total. The predicted molar refractivity (Wildman–Crippen MR) is 175 cm³/mol. The number of amides is 2. The van der Waals surface area contributed by atoms with E-state index in [1.807, 2.05) is 50.2 Å². The molecule has 11 nitrogen and oxygen atoms in total. The van der Waals surface area contributed by atoms with Gasteiger partial charge in [-0.05, 0) is 64.2 Å². The zero-order valence-corrected chi connectivity index (χ0v) is 27.5. The van der Waals surface area contributed by atoms with E-state index in [1.54, 1.807) is 24.4 Å². The molecule has 0 aliphatic rings. The molecular formula is C33H32BrClN4O7. The molecule has 0 spiro atoms. The van der Waals surface area contributed by atoms with Crippen LogP contribution in [0.1, 0.15) is 67.9 Å². The van der Waals surface area contributed by atoms with Gasteiger partial charge in [-0.1, -0.05) is 60.1 Å². The van der Waals surface area contributed by atoms with E-state index in [2.05, 4.69) is 36.5 Å². The number of aliphatic carboxylic acids is 2. The van der Waals surface area contributed by atoms with Gasteiger partial charge in [0.15, 0.2) is 0 Å². The number of benzene rings is 2. The number of nitrogens with one attached hydrogen (secondary N) is 2. The minimum atomic E-state index is -1.01. The molecule has 2 aromatic heterocycles. The number of carboxylic acid groups (broad SMARTS) is 2. The Labute approximate surface area is 279 Å². The summed E-state index contributed by atoms with van der Waals surface area (Å²) in [5.41, 5.74) is 3.97. The number of hydrogen-bond donors (Lipinski definition) is 4. The van der Waals surface area contributed by atoms with Crippen LogP contribution in [-0.2, 0) is 9.59 Å². The molecule has 0 saturated carbocycles. The molecule has 46 heavy (non-hydrogen) atoms. The first-order valence-corrected chi connectivity index (χ1v) is 15.0. The minimum Gasteiger partial charge on any atom is -0.481 e. The number of methoxy groups -OCH3 is 1. The molecule has 13 heteroatoms. The Bertz CT molecular complexity index is 1720. The summed E-state index contributed by atoms with van der Waals surface area (Å²) < 4.78 is 5.63. The highest BCUT2D eigenvalue weighted by molar-refractivity contribution is 9.10.